The molecule has 0 unspecified atom stereocenters. The van der Waals surface area contributed by atoms with E-state index in [0.717, 1.165) is 73.1 Å². The summed E-state index contributed by atoms with van der Waals surface area (Å²) in [4.78, 5) is 26.2. The molecule has 0 bridgehead atoms. The van der Waals surface area contributed by atoms with Crippen LogP contribution in [0.3, 0.4) is 0 Å². The number of carbonyl (C=O) groups excluding carboxylic acids is 2. The average molecular weight is 431 g/mol. The van der Waals surface area contributed by atoms with Crippen LogP contribution in [-0.4, -0.2) is 26.0 Å². The molecule has 0 aromatic heterocycles. The molecule has 0 aliphatic rings. The topological polar surface area (TPSA) is 34.1 Å². The van der Waals surface area contributed by atoms with Crippen molar-refractivity contribution in [2.45, 2.75) is 114 Å². The predicted molar refractivity (Wildman–Crippen MR) is 103 cm³/mol. The molecule has 0 saturated heterocycles. The summed E-state index contributed by atoms with van der Waals surface area (Å²) in [6.45, 7) is 8.70. The second-order valence-electron chi connectivity index (χ2n) is 7.05. The zero-order valence-electron chi connectivity index (χ0n) is 16.2. The van der Waals surface area contributed by atoms with Gasteiger partial charge in [0.2, 0.25) is 0 Å². The van der Waals surface area contributed by atoms with E-state index in [9.17, 15) is 9.59 Å². The van der Waals surface area contributed by atoms with Crippen LogP contribution >= 0.6 is 0 Å². The van der Waals surface area contributed by atoms with E-state index in [2.05, 4.69) is 27.7 Å². The van der Waals surface area contributed by atoms with Crippen LogP contribution in [0.25, 0.3) is 0 Å². The van der Waals surface area contributed by atoms with Crippen molar-refractivity contribution in [2.75, 3.05) is 0 Å². The summed E-state index contributed by atoms with van der Waals surface area (Å²) in [5, 5.41) is 0. The Morgan fingerprint density at radius 1 is 0.565 bits per heavy atom. The van der Waals surface area contributed by atoms with Crippen molar-refractivity contribution in [1.82, 2.24) is 0 Å². The maximum absolute atomic E-state index is 13.1. The first kappa shape index (κ1) is 23.1. The SMILES string of the molecule is CCCCC[C](=O)[Sn]([CH2]CCC)([CH2]CCC)[C](=O)CCCCC. The minimum atomic E-state index is -3.32. The first-order valence-electron chi connectivity index (χ1n) is 10.2. The van der Waals surface area contributed by atoms with Gasteiger partial charge in [0.15, 0.2) is 0 Å². The van der Waals surface area contributed by atoms with Crippen molar-refractivity contribution in [3.8, 4) is 0 Å². The van der Waals surface area contributed by atoms with Gasteiger partial charge in [-0.3, -0.25) is 0 Å². The van der Waals surface area contributed by atoms with Crippen LogP contribution < -0.4 is 0 Å². The molecule has 0 aliphatic carbocycles. The van der Waals surface area contributed by atoms with Crippen LogP contribution in [0, 0.1) is 0 Å². The molecule has 0 aromatic carbocycles. The molecule has 0 spiro atoms. The van der Waals surface area contributed by atoms with Crippen molar-refractivity contribution >= 4 is 26.0 Å². The van der Waals surface area contributed by atoms with Gasteiger partial charge < -0.3 is 0 Å². The Hall–Kier alpha value is 0.139. The molecule has 0 amide bonds. The van der Waals surface area contributed by atoms with Crippen LogP contribution in [0.2, 0.25) is 8.87 Å². The summed E-state index contributed by atoms with van der Waals surface area (Å²) in [6.07, 6.45) is 12.3. The van der Waals surface area contributed by atoms with E-state index in [1.807, 2.05) is 0 Å². The molecule has 0 radical (unpaired) electrons. The quantitative estimate of drug-likeness (QED) is 0.209. The standard InChI is InChI=1S/2C6H11O.2C4H9.Sn/c2*1-2-3-4-5-6-7;2*1-3-4-2;/h2*2-5H2,1H3;2*1,3-4H2,2H3;. The van der Waals surface area contributed by atoms with Gasteiger partial charge in [-0.05, 0) is 0 Å². The summed E-state index contributed by atoms with van der Waals surface area (Å²) in [7, 11) is 0. The van der Waals surface area contributed by atoms with E-state index in [1.165, 1.54) is 0 Å². The molecule has 0 saturated carbocycles. The van der Waals surface area contributed by atoms with E-state index in [1.54, 1.807) is 0 Å². The normalized spacial score (nSPS) is 11.7. The van der Waals surface area contributed by atoms with Gasteiger partial charge in [-0.1, -0.05) is 0 Å². The van der Waals surface area contributed by atoms with Gasteiger partial charge in [-0.25, -0.2) is 0 Å². The summed E-state index contributed by atoms with van der Waals surface area (Å²) < 4.78 is 2.88. The Morgan fingerprint density at radius 3 is 1.22 bits per heavy atom. The zero-order chi connectivity index (χ0) is 17.6. The summed E-state index contributed by atoms with van der Waals surface area (Å²) >= 11 is -3.32. The summed E-state index contributed by atoms with van der Waals surface area (Å²) in [6, 6.07) is 0. The van der Waals surface area contributed by atoms with Crippen molar-refractivity contribution in [1.29, 1.82) is 0 Å². The molecule has 0 aromatic rings. The summed E-state index contributed by atoms with van der Waals surface area (Å²) in [5.74, 6) is 0. The summed E-state index contributed by atoms with van der Waals surface area (Å²) in [5.41, 5.74) is 0. The van der Waals surface area contributed by atoms with Gasteiger partial charge in [0.25, 0.3) is 0 Å². The van der Waals surface area contributed by atoms with Gasteiger partial charge >= 0.3 is 149 Å². The van der Waals surface area contributed by atoms with Crippen molar-refractivity contribution in [2.24, 2.45) is 0 Å². The van der Waals surface area contributed by atoms with E-state index in [4.69, 9.17) is 0 Å². The van der Waals surface area contributed by atoms with Crippen LogP contribution in [0.5, 0.6) is 0 Å². The van der Waals surface area contributed by atoms with E-state index >= 15 is 0 Å². The second-order valence-corrected chi connectivity index (χ2v) is 19.3. The van der Waals surface area contributed by atoms with E-state index in [-0.39, 0.29) is 0 Å². The third-order valence-corrected chi connectivity index (χ3v) is 19.4. The third-order valence-electron chi connectivity index (χ3n) is 5.00. The first-order chi connectivity index (χ1) is 11.1. The molecular weight excluding hydrogens is 391 g/mol. The molecule has 3 heteroatoms. The van der Waals surface area contributed by atoms with Gasteiger partial charge in [0.05, 0.1) is 0 Å². The van der Waals surface area contributed by atoms with Crippen LogP contribution in [-0.2, 0) is 9.59 Å². The average Bonchev–Trinajstić information content (AvgIpc) is 2.55. The van der Waals surface area contributed by atoms with Crippen LogP contribution in [0.1, 0.15) is 105 Å². The number of carbonyl (C=O) groups is 2. The van der Waals surface area contributed by atoms with E-state index < -0.39 is 18.4 Å². The fourth-order valence-electron chi connectivity index (χ4n) is 3.34. The van der Waals surface area contributed by atoms with Crippen molar-refractivity contribution in [3.63, 3.8) is 0 Å². The molecule has 0 rings (SSSR count). The zero-order valence-corrected chi connectivity index (χ0v) is 19.1. The van der Waals surface area contributed by atoms with Gasteiger partial charge in [-0.15, -0.1) is 0 Å². The number of unbranched alkanes of at least 4 members (excludes halogenated alkanes) is 6. The second kappa shape index (κ2) is 14.5. The number of rotatable bonds is 16. The molecule has 0 aliphatic heterocycles. The molecule has 136 valence electrons. The third kappa shape index (κ3) is 8.69. The van der Waals surface area contributed by atoms with Crippen molar-refractivity contribution < 1.29 is 9.59 Å². The fourth-order valence-corrected chi connectivity index (χ4v) is 17.3. The van der Waals surface area contributed by atoms with E-state index in [0.29, 0.717) is 20.4 Å². The molecule has 23 heavy (non-hydrogen) atoms. The molecule has 2 nitrogen and oxygen atoms in total. The molecule has 0 fully saturated rings. The van der Waals surface area contributed by atoms with Gasteiger partial charge in [0.1, 0.15) is 0 Å². The monoisotopic (exact) mass is 432 g/mol. The molecule has 0 N–H and O–H groups in total. The maximum atomic E-state index is 13.1. The van der Waals surface area contributed by atoms with Gasteiger partial charge in [-0.2, -0.15) is 0 Å². The minimum absolute atomic E-state index is 0.455. The molecular formula is C20H40O2Sn. The number of hydrogen-bond acceptors (Lipinski definition) is 2. The van der Waals surface area contributed by atoms with Crippen LogP contribution in [0.4, 0.5) is 0 Å². The fraction of sp³-hybridized carbons (Fsp3) is 0.900. The van der Waals surface area contributed by atoms with Crippen molar-refractivity contribution in [3.05, 3.63) is 0 Å². The van der Waals surface area contributed by atoms with Crippen LogP contribution in [0.15, 0.2) is 0 Å². The Kier molecular flexibility index (Phi) is 14.6. The Bertz CT molecular complexity index is 294. The predicted octanol–water partition coefficient (Wildman–Crippen LogP) is 6.41. The molecule has 0 atom stereocenters. The first-order valence-corrected chi connectivity index (χ1v) is 17.0. The Labute approximate surface area is 149 Å². The Balaban J connectivity index is 5.12. The molecule has 0 heterocycles. The Morgan fingerprint density at radius 2 is 0.913 bits per heavy atom. The van der Waals surface area contributed by atoms with Gasteiger partial charge in [0, 0.05) is 0 Å². The number of hydrogen-bond donors (Lipinski definition) is 0.